The van der Waals surface area contributed by atoms with E-state index in [-0.39, 0.29) is 18.6 Å². The molecule has 18 heavy (non-hydrogen) atoms. The number of aliphatic hydroxyl groups excluding tert-OH is 1. The topological polar surface area (TPSA) is 40.5 Å². The van der Waals surface area contributed by atoms with Gasteiger partial charge in [0.1, 0.15) is 0 Å². The van der Waals surface area contributed by atoms with E-state index in [0.717, 1.165) is 17.7 Å². The van der Waals surface area contributed by atoms with Crippen molar-refractivity contribution in [1.29, 1.82) is 0 Å². The van der Waals surface area contributed by atoms with Gasteiger partial charge in [-0.2, -0.15) is 0 Å². The fourth-order valence-corrected chi connectivity index (χ4v) is 2.21. The first-order chi connectivity index (χ1) is 8.63. The van der Waals surface area contributed by atoms with Gasteiger partial charge in [0.25, 0.3) is 5.91 Å². The molecule has 1 aromatic carbocycles. The van der Waals surface area contributed by atoms with Gasteiger partial charge >= 0.3 is 0 Å². The first-order valence-corrected chi connectivity index (χ1v) is 6.79. The molecule has 1 amide bonds. The molecule has 3 nitrogen and oxygen atoms in total. The number of hydrogen-bond donors (Lipinski definition) is 2. The lowest BCUT2D eigenvalue weighted by Crippen LogP contribution is -2.41. The summed E-state index contributed by atoms with van der Waals surface area (Å²) in [5.74, 6) is -0.0221. The summed E-state index contributed by atoms with van der Waals surface area (Å²) in [4.78, 5) is 15.0. The van der Waals surface area contributed by atoms with Gasteiger partial charge in [-0.05, 0) is 37.1 Å². The minimum Gasteiger partial charge on any atom is -0.395 e. The zero-order chi connectivity index (χ0) is 13.5. The molecule has 0 saturated carbocycles. The van der Waals surface area contributed by atoms with Gasteiger partial charge in [-0.25, -0.2) is 0 Å². The second-order valence-electron chi connectivity index (χ2n) is 4.24. The van der Waals surface area contributed by atoms with Crippen molar-refractivity contribution < 1.29 is 9.90 Å². The smallest absolute Gasteiger partial charge is 0.254 e. The highest BCUT2D eigenvalue weighted by Crippen LogP contribution is 2.15. The predicted octanol–water partition coefficient (Wildman–Crippen LogP) is 2.60. The molecule has 0 atom stereocenters. The minimum absolute atomic E-state index is 0.00705. The van der Waals surface area contributed by atoms with Crippen LogP contribution in [0.2, 0.25) is 0 Å². The molecule has 4 heteroatoms. The summed E-state index contributed by atoms with van der Waals surface area (Å²) in [6, 6.07) is 7.34. The third-order valence-electron chi connectivity index (χ3n) is 3.10. The number of thiol groups is 1. The first-order valence-electron chi connectivity index (χ1n) is 6.34. The molecule has 0 unspecified atom stereocenters. The van der Waals surface area contributed by atoms with Crippen LogP contribution in [0.25, 0.3) is 0 Å². The maximum Gasteiger partial charge on any atom is 0.254 e. The zero-order valence-corrected chi connectivity index (χ0v) is 11.9. The number of benzene rings is 1. The van der Waals surface area contributed by atoms with Crippen LogP contribution in [0.4, 0.5) is 0 Å². The average Bonchev–Trinajstić information content (AvgIpc) is 2.39. The molecule has 0 heterocycles. The van der Waals surface area contributed by atoms with Crippen molar-refractivity contribution in [2.45, 2.75) is 37.6 Å². The van der Waals surface area contributed by atoms with Crippen LogP contribution >= 0.6 is 12.6 Å². The Hall–Kier alpha value is -1.00. The molecular weight excluding hydrogens is 246 g/mol. The summed E-state index contributed by atoms with van der Waals surface area (Å²) in [6.07, 6.45) is 1.79. The van der Waals surface area contributed by atoms with Gasteiger partial charge < -0.3 is 10.0 Å². The molecule has 1 rings (SSSR count). The number of carbonyl (C=O) groups is 1. The normalized spacial score (nSPS) is 10.7. The summed E-state index contributed by atoms with van der Waals surface area (Å²) in [6.45, 7) is 4.49. The van der Waals surface area contributed by atoms with Gasteiger partial charge in [0.15, 0.2) is 0 Å². The van der Waals surface area contributed by atoms with E-state index in [1.54, 1.807) is 29.2 Å². The van der Waals surface area contributed by atoms with Crippen molar-refractivity contribution in [2.24, 2.45) is 0 Å². The number of carbonyl (C=O) groups excluding carboxylic acids is 1. The number of amides is 1. The van der Waals surface area contributed by atoms with Crippen molar-refractivity contribution in [3.63, 3.8) is 0 Å². The lowest BCUT2D eigenvalue weighted by Gasteiger charge is -2.30. The van der Waals surface area contributed by atoms with Crippen molar-refractivity contribution >= 4 is 18.5 Å². The standard InChI is InChI=1S/C14H21NO2S/c1-3-12(4-2)15(9-10-16)14(17)11-5-7-13(18)8-6-11/h5-8,12,16,18H,3-4,9-10H2,1-2H3. The van der Waals surface area contributed by atoms with Gasteiger partial charge in [-0.15, -0.1) is 12.6 Å². The highest BCUT2D eigenvalue weighted by Gasteiger charge is 2.21. The highest BCUT2D eigenvalue weighted by atomic mass is 32.1. The largest absolute Gasteiger partial charge is 0.395 e. The Morgan fingerprint density at radius 1 is 1.28 bits per heavy atom. The van der Waals surface area contributed by atoms with Crippen molar-refractivity contribution in [1.82, 2.24) is 4.90 Å². The number of aliphatic hydroxyl groups is 1. The van der Waals surface area contributed by atoms with E-state index in [1.165, 1.54) is 0 Å². The lowest BCUT2D eigenvalue weighted by molar-refractivity contribution is 0.0622. The quantitative estimate of drug-likeness (QED) is 0.778. The Bertz CT molecular complexity index is 374. The van der Waals surface area contributed by atoms with Crippen LogP contribution in [0.5, 0.6) is 0 Å². The SMILES string of the molecule is CCC(CC)N(CCO)C(=O)c1ccc(S)cc1. The van der Waals surface area contributed by atoms with Crippen LogP contribution in [-0.2, 0) is 0 Å². The Morgan fingerprint density at radius 3 is 2.28 bits per heavy atom. The molecule has 1 N–H and O–H groups in total. The van der Waals surface area contributed by atoms with Crippen LogP contribution in [0.15, 0.2) is 29.2 Å². The van der Waals surface area contributed by atoms with Crippen LogP contribution in [0.3, 0.4) is 0 Å². The third kappa shape index (κ3) is 3.75. The third-order valence-corrected chi connectivity index (χ3v) is 3.40. The molecule has 0 aromatic heterocycles. The van der Waals surface area contributed by atoms with E-state index in [1.807, 2.05) is 0 Å². The summed E-state index contributed by atoms with van der Waals surface area (Å²) in [7, 11) is 0. The number of nitrogens with zero attached hydrogens (tertiary/aromatic N) is 1. The Kier molecular flexibility index (Phi) is 6.22. The Balaban J connectivity index is 2.91. The molecule has 0 saturated heterocycles. The second-order valence-corrected chi connectivity index (χ2v) is 4.76. The number of hydrogen-bond acceptors (Lipinski definition) is 3. The summed E-state index contributed by atoms with van der Waals surface area (Å²) in [5, 5.41) is 9.11. The second kappa shape index (κ2) is 7.44. The monoisotopic (exact) mass is 267 g/mol. The molecule has 0 spiro atoms. The van der Waals surface area contributed by atoms with Crippen LogP contribution < -0.4 is 0 Å². The predicted molar refractivity (Wildman–Crippen MR) is 76.2 cm³/mol. The van der Waals surface area contributed by atoms with E-state index < -0.39 is 0 Å². The van der Waals surface area contributed by atoms with E-state index >= 15 is 0 Å². The van der Waals surface area contributed by atoms with Crippen LogP contribution in [0.1, 0.15) is 37.0 Å². The van der Waals surface area contributed by atoms with Gasteiger partial charge in [0.05, 0.1) is 6.61 Å². The van der Waals surface area contributed by atoms with E-state index in [2.05, 4.69) is 26.5 Å². The maximum absolute atomic E-state index is 12.4. The minimum atomic E-state index is -0.0221. The fraction of sp³-hybridized carbons (Fsp3) is 0.500. The summed E-state index contributed by atoms with van der Waals surface area (Å²) < 4.78 is 0. The Morgan fingerprint density at radius 2 is 1.83 bits per heavy atom. The highest BCUT2D eigenvalue weighted by molar-refractivity contribution is 7.80. The molecular formula is C14H21NO2S. The molecule has 0 aliphatic rings. The Labute approximate surface area is 114 Å². The van der Waals surface area contributed by atoms with Gasteiger partial charge in [-0.3, -0.25) is 4.79 Å². The summed E-state index contributed by atoms with van der Waals surface area (Å²) >= 11 is 4.21. The van der Waals surface area contributed by atoms with Crippen LogP contribution in [-0.4, -0.2) is 35.1 Å². The molecule has 100 valence electrons. The molecule has 1 aromatic rings. The van der Waals surface area contributed by atoms with Crippen LogP contribution in [0, 0.1) is 0 Å². The van der Waals surface area contributed by atoms with Gasteiger partial charge in [0, 0.05) is 23.0 Å². The molecule has 0 radical (unpaired) electrons. The maximum atomic E-state index is 12.4. The first kappa shape index (κ1) is 15.1. The molecule has 0 bridgehead atoms. The number of rotatable bonds is 6. The van der Waals surface area contributed by atoms with Crippen molar-refractivity contribution in [2.75, 3.05) is 13.2 Å². The fourth-order valence-electron chi connectivity index (χ4n) is 2.06. The van der Waals surface area contributed by atoms with Crippen molar-refractivity contribution in [3.05, 3.63) is 29.8 Å². The lowest BCUT2D eigenvalue weighted by atomic mass is 10.1. The summed E-state index contributed by atoms with van der Waals surface area (Å²) in [5.41, 5.74) is 0.646. The van der Waals surface area contributed by atoms with E-state index in [4.69, 9.17) is 5.11 Å². The van der Waals surface area contributed by atoms with Crippen molar-refractivity contribution in [3.8, 4) is 0 Å². The van der Waals surface area contributed by atoms with Gasteiger partial charge in [0.2, 0.25) is 0 Å². The average molecular weight is 267 g/mol. The zero-order valence-electron chi connectivity index (χ0n) is 11.0. The van der Waals surface area contributed by atoms with Gasteiger partial charge in [-0.1, -0.05) is 13.8 Å². The van der Waals surface area contributed by atoms with E-state index in [9.17, 15) is 4.79 Å². The molecule has 0 aliphatic carbocycles. The molecule has 0 aliphatic heterocycles. The van der Waals surface area contributed by atoms with E-state index in [0.29, 0.717) is 12.1 Å². The molecule has 0 fully saturated rings.